The van der Waals surface area contributed by atoms with E-state index < -0.39 is 0 Å². The lowest BCUT2D eigenvalue weighted by Gasteiger charge is -2.38. The van der Waals surface area contributed by atoms with Crippen LogP contribution in [-0.2, 0) is 9.68 Å². The SMILES string of the molecule is CCCC1CN(OC)CCN1OC. The molecule has 0 N–H and O–H groups in total. The Hall–Kier alpha value is -0.160. The van der Waals surface area contributed by atoms with E-state index in [0.29, 0.717) is 6.04 Å². The lowest BCUT2D eigenvalue weighted by Crippen LogP contribution is -2.51. The van der Waals surface area contributed by atoms with Gasteiger partial charge in [-0.1, -0.05) is 13.3 Å². The summed E-state index contributed by atoms with van der Waals surface area (Å²) < 4.78 is 0. The molecule has 1 saturated heterocycles. The third-order valence-corrected chi connectivity index (χ3v) is 2.51. The summed E-state index contributed by atoms with van der Waals surface area (Å²) in [4.78, 5) is 10.5. The van der Waals surface area contributed by atoms with Crippen molar-refractivity contribution < 1.29 is 9.68 Å². The van der Waals surface area contributed by atoms with E-state index in [-0.39, 0.29) is 0 Å². The molecule has 0 radical (unpaired) electrons. The van der Waals surface area contributed by atoms with Gasteiger partial charge in [0.2, 0.25) is 0 Å². The van der Waals surface area contributed by atoms with Crippen molar-refractivity contribution in [2.75, 3.05) is 33.9 Å². The van der Waals surface area contributed by atoms with Gasteiger partial charge < -0.3 is 9.68 Å². The first-order valence-corrected chi connectivity index (χ1v) is 4.91. The number of hydrogen-bond donors (Lipinski definition) is 0. The van der Waals surface area contributed by atoms with Crippen LogP contribution in [0.3, 0.4) is 0 Å². The topological polar surface area (TPSA) is 24.9 Å². The number of hydroxylamine groups is 4. The predicted molar refractivity (Wildman–Crippen MR) is 51.0 cm³/mol. The second kappa shape index (κ2) is 5.54. The highest BCUT2D eigenvalue weighted by molar-refractivity contribution is 4.73. The van der Waals surface area contributed by atoms with E-state index >= 15 is 0 Å². The van der Waals surface area contributed by atoms with Crippen molar-refractivity contribution >= 4 is 0 Å². The van der Waals surface area contributed by atoms with Gasteiger partial charge >= 0.3 is 0 Å². The van der Waals surface area contributed by atoms with Crippen molar-refractivity contribution in [2.45, 2.75) is 25.8 Å². The molecule has 0 amide bonds. The Labute approximate surface area is 80.3 Å². The van der Waals surface area contributed by atoms with Gasteiger partial charge in [0.15, 0.2) is 0 Å². The predicted octanol–water partition coefficient (Wildman–Crippen LogP) is 0.895. The lowest BCUT2D eigenvalue weighted by atomic mass is 10.1. The first-order valence-electron chi connectivity index (χ1n) is 4.91. The fraction of sp³-hybridized carbons (Fsp3) is 1.00. The van der Waals surface area contributed by atoms with E-state index in [9.17, 15) is 0 Å². The van der Waals surface area contributed by atoms with Gasteiger partial charge in [0.25, 0.3) is 0 Å². The Balaban J connectivity index is 2.42. The minimum Gasteiger partial charge on any atom is -0.302 e. The van der Waals surface area contributed by atoms with E-state index in [1.807, 2.05) is 5.06 Å². The Kier molecular flexibility index (Phi) is 4.66. The van der Waals surface area contributed by atoms with E-state index in [2.05, 4.69) is 12.0 Å². The van der Waals surface area contributed by atoms with Gasteiger partial charge in [0, 0.05) is 19.6 Å². The zero-order valence-corrected chi connectivity index (χ0v) is 8.82. The number of nitrogens with zero attached hydrogens (tertiary/aromatic N) is 2. The van der Waals surface area contributed by atoms with Crippen LogP contribution < -0.4 is 0 Å². The number of hydrogen-bond acceptors (Lipinski definition) is 4. The van der Waals surface area contributed by atoms with Crippen LogP contribution in [-0.4, -0.2) is 50.0 Å². The van der Waals surface area contributed by atoms with Crippen LogP contribution in [0.4, 0.5) is 0 Å². The van der Waals surface area contributed by atoms with Gasteiger partial charge in [-0.2, -0.15) is 10.1 Å². The van der Waals surface area contributed by atoms with E-state index in [0.717, 1.165) is 26.1 Å². The first-order chi connectivity index (χ1) is 6.31. The molecule has 4 nitrogen and oxygen atoms in total. The molecule has 0 aromatic heterocycles. The largest absolute Gasteiger partial charge is 0.302 e. The minimum absolute atomic E-state index is 0.476. The number of rotatable bonds is 4. The summed E-state index contributed by atoms with van der Waals surface area (Å²) in [5, 5.41) is 4.05. The van der Waals surface area contributed by atoms with E-state index in [4.69, 9.17) is 9.68 Å². The highest BCUT2D eigenvalue weighted by Gasteiger charge is 2.26. The molecule has 1 heterocycles. The van der Waals surface area contributed by atoms with Crippen molar-refractivity contribution in [3.05, 3.63) is 0 Å². The smallest absolute Gasteiger partial charge is 0.0575 e. The molecule has 1 aliphatic heterocycles. The summed E-state index contributed by atoms with van der Waals surface area (Å²) in [6.45, 7) is 4.98. The molecule has 0 aromatic carbocycles. The van der Waals surface area contributed by atoms with E-state index in [1.54, 1.807) is 14.2 Å². The van der Waals surface area contributed by atoms with Gasteiger partial charge in [-0.3, -0.25) is 0 Å². The fourth-order valence-electron chi connectivity index (χ4n) is 1.78. The molecular formula is C9H20N2O2. The summed E-state index contributed by atoms with van der Waals surface area (Å²) in [5.41, 5.74) is 0. The van der Waals surface area contributed by atoms with Crippen molar-refractivity contribution in [3.8, 4) is 0 Å². The number of piperazine rings is 1. The molecule has 13 heavy (non-hydrogen) atoms. The molecule has 0 aliphatic carbocycles. The maximum Gasteiger partial charge on any atom is 0.0575 e. The van der Waals surface area contributed by atoms with Crippen molar-refractivity contribution in [1.82, 2.24) is 10.1 Å². The summed E-state index contributed by atoms with van der Waals surface area (Å²) in [6.07, 6.45) is 2.34. The molecule has 1 aliphatic rings. The molecule has 1 unspecified atom stereocenters. The van der Waals surface area contributed by atoms with Gasteiger partial charge in [0.05, 0.1) is 20.3 Å². The van der Waals surface area contributed by atoms with Gasteiger partial charge in [-0.05, 0) is 6.42 Å². The Morgan fingerprint density at radius 1 is 1.23 bits per heavy atom. The second-order valence-electron chi connectivity index (χ2n) is 3.34. The Bertz CT molecular complexity index is 144. The van der Waals surface area contributed by atoms with Crippen molar-refractivity contribution in [2.24, 2.45) is 0 Å². The maximum absolute atomic E-state index is 5.30. The summed E-state index contributed by atoms with van der Waals surface area (Å²) in [7, 11) is 3.47. The van der Waals surface area contributed by atoms with Crippen LogP contribution in [0.15, 0.2) is 0 Å². The van der Waals surface area contributed by atoms with Gasteiger partial charge in [0.1, 0.15) is 0 Å². The molecule has 0 bridgehead atoms. The highest BCUT2D eigenvalue weighted by atomic mass is 16.7. The van der Waals surface area contributed by atoms with Gasteiger partial charge in [-0.25, -0.2) is 0 Å². The van der Waals surface area contributed by atoms with E-state index in [1.165, 1.54) is 6.42 Å². The molecule has 1 fully saturated rings. The highest BCUT2D eigenvalue weighted by Crippen LogP contribution is 2.13. The average Bonchev–Trinajstić information content (AvgIpc) is 2.18. The second-order valence-corrected chi connectivity index (χ2v) is 3.34. The molecule has 1 rings (SSSR count). The van der Waals surface area contributed by atoms with Crippen LogP contribution >= 0.6 is 0 Å². The standard InChI is InChI=1S/C9H20N2O2/c1-4-5-9-8-10(12-2)6-7-11(9)13-3/h9H,4-8H2,1-3H3. The first kappa shape index (κ1) is 10.9. The molecule has 78 valence electrons. The molecule has 0 saturated carbocycles. The molecule has 4 heteroatoms. The molecule has 0 aromatic rings. The fourth-order valence-corrected chi connectivity index (χ4v) is 1.78. The third-order valence-electron chi connectivity index (χ3n) is 2.51. The monoisotopic (exact) mass is 188 g/mol. The van der Waals surface area contributed by atoms with Crippen molar-refractivity contribution in [1.29, 1.82) is 0 Å². The third kappa shape index (κ3) is 2.91. The van der Waals surface area contributed by atoms with Gasteiger partial charge in [-0.15, -0.1) is 0 Å². The zero-order chi connectivity index (χ0) is 9.68. The van der Waals surface area contributed by atoms with Crippen LogP contribution in [0.1, 0.15) is 19.8 Å². The van der Waals surface area contributed by atoms with Crippen LogP contribution in [0.5, 0.6) is 0 Å². The molecule has 1 atom stereocenters. The zero-order valence-electron chi connectivity index (χ0n) is 8.82. The molecular weight excluding hydrogens is 168 g/mol. The minimum atomic E-state index is 0.476. The summed E-state index contributed by atoms with van der Waals surface area (Å²) >= 11 is 0. The van der Waals surface area contributed by atoms with Crippen LogP contribution in [0.2, 0.25) is 0 Å². The average molecular weight is 188 g/mol. The normalized spacial score (nSPS) is 26.5. The van der Waals surface area contributed by atoms with Crippen molar-refractivity contribution in [3.63, 3.8) is 0 Å². The summed E-state index contributed by atoms with van der Waals surface area (Å²) in [6, 6.07) is 0.476. The van der Waals surface area contributed by atoms with Crippen LogP contribution in [0, 0.1) is 0 Å². The maximum atomic E-state index is 5.30. The summed E-state index contributed by atoms with van der Waals surface area (Å²) in [5.74, 6) is 0. The lowest BCUT2D eigenvalue weighted by molar-refractivity contribution is -0.241. The van der Waals surface area contributed by atoms with Crippen LogP contribution in [0.25, 0.3) is 0 Å². The quantitative estimate of drug-likeness (QED) is 0.654. The Morgan fingerprint density at radius 3 is 2.54 bits per heavy atom. The Morgan fingerprint density at radius 2 is 2.00 bits per heavy atom. The molecule has 0 spiro atoms.